The summed E-state index contributed by atoms with van der Waals surface area (Å²) >= 11 is 0. The van der Waals surface area contributed by atoms with Crippen molar-refractivity contribution in [3.05, 3.63) is 23.7 Å². The molecule has 0 aromatic carbocycles. The Morgan fingerprint density at radius 2 is 1.71 bits per heavy atom. The van der Waals surface area contributed by atoms with Gasteiger partial charge in [-0.3, -0.25) is 4.90 Å². The summed E-state index contributed by atoms with van der Waals surface area (Å²) in [6.07, 6.45) is 0. The van der Waals surface area contributed by atoms with E-state index < -0.39 is 0 Å². The molecule has 2 N–H and O–H groups in total. The van der Waals surface area contributed by atoms with Crippen molar-refractivity contribution in [2.24, 2.45) is 5.73 Å². The van der Waals surface area contributed by atoms with Crippen LogP contribution in [0.25, 0.3) is 0 Å². The fourth-order valence-electron chi connectivity index (χ4n) is 1.55. The number of furan rings is 1. The zero-order valence-electron chi connectivity index (χ0n) is 10.6. The van der Waals surface area contributed by atoms with E-state index in [1.54, 1.807) is 14.2 Å². The molecule has 98 valence electrons. The van der Waals surface area contributed by atoms with Gasteiger partial charge < -0.3 is 19.6 Å². The van der Waals surface area contributed by atoms with Crippen LogP contribution in [-0.2, 0) is 22.6 Å². The Balaban J connectivity index is 2.45. The zero-order valence-corrected chi connectivity index (χ0v) is 10.6. The molecule has 0 radical (unpaired) electrons. The molecule has 0 spiro atoms. The molecule has 0 bridgehead atoms. The minimum absolute atomic E-state index is 0.441. The van der Waals surface area contributed by atoms with Gasteiger partial charge in [0.25, 0.3) is 0 Å². The van der Waals surface area contributed by atoms with Gasteiger partial charge in [-0.15, -0.1) is 0 Å². The van der Waals surface area contributed by atoms with E-state index >= 15 is 0 Å². The van der Waals surface area contributed by atoms with E-state index in [4.69, 9.17) is 19.6 Å². The Bertz CT molecular complexity index is 294. The molecule has 0 atom stereocenters. The highest BCUT2D eigenvalue weighted by molar-refractivity contribution is 5.06. The van der Waals surface area contributed by atoms with Gasteiger partial charge in [-0.2, -0.15) is 0 Å². The van der Waals surface area contributed by atoms with Crippen molar-refractivity contribution in [3.8, 4) is 0 Å². The average Bonchev–Trinajstić information content (AvgIpc) is 2.80. The third-order valence-corrected chi connectivity index (χ3v) is 2.52. The van der Waals surface area contributed by atoms with E-state index in [2.05, 4.69) is 4.90 Å². The van der Waals surface area contributed by atoms with Crippen LogP contribution in [0.4, 0.5) is 0 Å². The Morgan fingerprint density at radius 1 is 1.12 bits per heavy atom. The van der Waals surface area contributed by atoms with Crippen LogP contribution in [0.1, 0.15) is 11.5 Å². The lowest BCUT2D eigenvalue weighted by atomic mass is 10.3. The molecule has 1 heterocycles. The highest BCUT2D eigenvalue weighted by Crippen LogP contribution is 2.10. The second kappa shape index (κ2) is 8.25. The number of nitrogens with two attached hydrogens (primary N) is 1. The van der Waals surface area contributed by atoms with Crippen molar-refractivity contribution in [1.82, 2.24) is 4.90 Å². The van der Waals surface area contributed by atoms with Crippen LogP contribution in [-0.4, -0.2) is 45.4 Å². The minimum Gasteiger partial charge on any atom is -0.463 e. The van der Waals surface area contributed by atoms with Gasteiger partial charge in [-0.05, 0) is 12.1 Å². The summed E-state index contributed by atoms with van der Waals surface area (Å²) in [5.41, 5.74) is 5.51. The van der Waals surface area contributed by atoms with E-state index in [1.165, 1.54) is 0 Å². The van der Waals surface area contributed by atoms with Gasteiger partial charge >= 0.3 is 0 Å². The molecule has 1 aromatic heterocycles. The summed E-state index contributed by atoms with van der Waals surface area (Å²) in [4.78, 5) is 2.23. The molecule has 0 aliphatic heterocycles. The van der Waals surface area contributed by atoms with Gasteiger partial charge in [-0.1, -0.05) is 0 Å². The maximum Gasteiger partial charge on any atom is 0.118 e. The predicted molar refractivity (Wildman–Crippen MR) is 65.6 cm³/mol. The van der Waals surface area contributed by atoms with E-state index in [9.17, 15) is 0 Å². The second-order valence-electron chi connectivity index (χ2n) is 3.83. The fourth-order valence-corrected chi connectivity index (χ4v) is 1.55. The third-order valence-electron chi connectivity index (χ3n) is 2.52. The lowest BCUT2D eigenvalue weighted by Gasteiger charge is -2.20. The van der Waals surface area contributed by atoms with Gasteiger partial charge in [0.05, 0.1) is 26.3 Å². The Labute approximate surface area is 102 Å². The summed E-state index contributed by atoms with van der Waals surface area (Å²) < 4.78 is 15.7. The van der Waals surface area contributed by atoms with Crippen LogP contribution < -0.4 is 5.73 Å². The molecule has 0 fully saturated rings. The highest BCUT2D eigenvalue weighted by Gasteiger charge is 2.08. The highest BCUT2D eigenvalue weighted by atomic mass is 16.5. The van der Waals surface area contributed by atoms with Gasteiger partial charge in [0.2, 0.25) is 0 Å². The smallest absolute Gasteiger partial charge is 0.118 e. The van der Waals surface area contributed by atoms with E-state index in [-0.39, 0.29) is 0 Å². The molecule has 0 amide bonds. The van der Waals surface area contributed by atoms with Gasteiger partial charge in [0.15, 0.2) is 0 Å². The SMILES string of the molecule is COCCN(CCOC)Cc1ccc(CN)o1. The first-order valence-corrected chi connectivity index (χ1v) is 5.78. The summed E-state index contributed by atoms with van der Waals surface area (Å²) in [6.45, 7) is 4.32. The molecule has 5 heteroatoms. The number of ether oxygens (including phenoxy) is 2. The predicted octanol–water partition coefficient (Wildman–Crippen LogP) is 0.833. The maximum absolute atomic E-state index is 5.57. The number of methoxy groups -OCH3 is 2. The normalized spacial score (nSPS) is 11.3. The standard InChI is InChI=1S/C12H22N2O3/c1-15-7-5-14(6-8-16-2)10-12-4-3-11(9-13)17-12/h3-4H,5-10,13H2,1-2H3. The second-order valence-corrected chi connectivity index (χ2v) is 3.83. The van der Waals surface area contributed by atoms with Crippen molar-refractivity contribution in [2.45, 2.75) is 13.1 Å². The van der Waals surface area contributed by atoms with Crippen LogP contribution in [0, 0.1) is 0 Å². The van der Waals surface area contributed by atoms with Gasteiger partial charge in [0, 0.05) is 27.3 Å². The summed E-state index contributed by atoms with van der Waals surface area (Å²) in [5, 5.41) is 0. The molecular weight excluding hydrogens is 220 g/mol. The topological polar surface area (TPSA) is 60.9 Å². The lowest BCUT2D eigenvalue weighted by Crippen LogP contribution is -2.30. The molecule has 1 rings (SSSR count). The molecule has 5 nitrogen and oxygen atoms in total. The fraction of sp³-hybridized carbons (Fsp3) is 0.667. The third kappa shape index (κ3) is 5.32. The maximum atomic E-state index is 5.57. The quantitative estimate of drug-likeness (QED) is 0.695. The van der Waals surface area contributed by atoms with Crippen LogP contribution in [0.3, 0.4) is 0 Å². The van der Waals surface area contributed by atoms with Crippen LogP contribution >= 0.6 is 0 Å². The molecule has 0 aliphatic carbocycles. The van der Waals surface area contributed by atoms with Crippen molar-refractivity contribution < 1.29 is 13.9 Å². The Hall–Kier alpha value is -0.880. The summed E-state index contributed by atoms with van der Waals surface area (Å²) in [5.74, 6) is 1.75. The van der Waals surface area contributed by atoms with Crippen molar-refractivity contribution in [2.75, 3.05) is 40.5 Å². The number of rotatable bonds is 9. The number of hydrogen-bond donors (Lipinski definition) is 1. The zero-order chi connectivity index (χ0) is 12.5. The molecule has 1 aromatic rings. The lowest BCUT2D eigenvalue weighted by molar-refractivity contribution is 0.106. The number of hydrogen-bond acceptors (Lipinski definition) is 5. The van der Waals surface area contributed by atoms with Crippen LogP contribution in [0.5, 0.6) is 0 Å². The number of nitrogens with zero attached hydrogens (tertiary/aromatic N) is 1. The first-order valence-electron chi connectivity index (χ1n) is 5.78. The van der Waals surface area contributed by atoms with Gasteiger partial charge in [0.1, 0.15) is 11.5 Å². The van der Waals surface area contributed by atoms with Crippen LogP contribution in [0.2, 0.25) is 0 Å². The monoisotopic (exact) mass is 242 g/mol. The van der Waals surface area contributed by atoms with Gasteiger partial charge in [-0.25, -0.2) is 0 Å². The summed E-state index contributed by atoms with van der Waals surface area (Å²) in [6, 6.07) is 3.88. The average molecular weight is 242 g/mol. The minimum atomic E-state index is 0.441. The largest absolute Gasteiger partial charge is 0.463 e. The molecule has 0 saturated carbocycles. The van der Waals surface area contributed by atoms with Crippen molar-refractivity contribution in [1.29, 1.82) is 0 Å². The van der Waals surface area contributed by atoms with E-state index in [1.807, 2.05) is 12.1 Å². The first kappa shape index (κ1) is 14.2. The van der Waals surface area contributed by atoms with E-state index in [0.29, 0.717) is 19.8 Å². The molecular formula is C12H22N2O3. The molecule has 17 heavy (non-hydrogen) atoms. The van der Waals surface area contributed by atoms with Crippen molar-refractivity contribution in [3.63, 3.8) is 0 Å². The first-order chi connectivity index (χ1) is 8.30. The van der Waals surface area contributed by atoms with E-state index in [0.717, 1.165) is 31.2 Å². The Morgan fingerprint density at radius 3 is 2.18 bits per heavy atom. The molecule has 0 saturated heterocycles. The molecule has 0 unspecified atom stereocenters. The molecule has 0 aliphatic rings. The van der Waals surface area contributed by atoms with Crippen molar-refractivity contribution >= 4 is 0 Å². The summed E-state index contributed by atoms with van der Waals surface area (Å²) in [7, 11) is 3.40. The Kier molecular flexibility index (Phi) is 6.88. The van der Waals surface area contributed by atoms with Crippen LogP contribution in [0.15, 0.2) is 16.5 Å².